The summed E-state index contributed by atoms with van der Waals surface area (Å²) in [5, 5.41) is 17.1. The Kier molecular flexibility index (Phi) is 4.57. The molecule has 2 fully saturated rings. The Hall–Kier alpha value is -3.10. The van der Waals surface area contributed by atoms with Crippen LogP contribution >= 0.6 is 0 Å². The molecule has 5 rings (SSSR count). The van der Waals surface area contributed by atoms with Crippen molar-refractivity contribution in [3.05, 3.63) is 60.3 Å². The molecule has 0 unspecified atom stereocenters. The van der Waals surface area contributed by atoms with Crippen LogP contribution in [0.25, 0.3) is 22.0 Å². The van der Waals surface area contributed by atoms with Crippen LogP contribution in [0.5, 0.6) is 0 Å². The Bertz CT molecular complexity index is 1080. The number of aromatic nitrogens is 1. The molecule has 5 heteroatoms. The molecule has 3 N–H and O–H groups in total. The zero-order valence-corrected chi connectivity index (χ0v) is 16.2. The minimum atomic E-state index is -0.510. The summed E-state index contributed by atoms with van der Waals surface area (Å²) in [6.45, 7) is 0. The summed E-state index contributed by atoms with van der Waals surface area (Å²) in [6.07, 6.45) is 5.83. The molecule has 1 saturated heterocycles. The maximum atomic E-state index is 12.6. The number of piperidine rings is 1. The Morgan fingerprint density at radius 1 is 1.14 bits per heavy atom. The van der Waals surface area contributed by atoms with Gasteiger partial charge in [-0.2, -0.15) is 5.26 Å². The summed E-state index contributed by atoms with van der Waals surface area (Å²) in [4.78, 5) is 15.8. The Morgan fingerprint density at radius 3 is 2.69 bits per heavy atom. The number of nitrogens with zero attached hydrogens (tertiary/aromatic N) is 1. The van der Waals surface area contributed by atoms with E-state index in [4.69, 9.17) is 0 Å². The van der Waals surface area contributed by atoms with Crippen molar-refractivity contribution in [1.82, 2.24) is 15.6 Å². The number of nitrogens with one attached hydrogen (secondary N) is 3. The van der Waals surface area contributed by atoms with Gasteiger partial charge in [0.2, 0.25) is 5.91 Å². The average molecular weight is 384 g/mol. The summed E-state index contributed by atoms with van der Waals surface area (Å²) in [7, 11) is 0. The van der Waals surface area contributed by atoms with E-state index in [0.29, 0.717) is 18.4 Å². The van der Waals surface area contributed by atoms with Crippen molar-refractivity contribution in [3.63, 3.8) is 0 Å². The lowest BCUT2D eigenvalue weighted by molar-refractivity contribution is -0.124. The Morgan fingerprint density at radius 2 is 1.97 bits per heavy atom. The molecule has 0 spiro atoms. The number of nitriles is 1. The van der Waals surface area contributed by atoms with Gasteiger partial charge in [-0.25, -0.2) is 0 Å². The van der Waals surface area contributed by atoms with Crippen molar-refractivity contribution < 1.29 is 4.79 Å². The number of benzene rings is 2. The molecular weight excluding hydrogens is 360 g/mol. The van der Waals surface area contributed by atoms with E-state index in [1.807, 2.05) is 18.3 Å². The van der Waals surface area contributed by atoms with Crippen molar-refractivity contribution in [2.45, 2.75) is 43.8 Å². The van der Waals surface area contributed by atoms with Crippen LogP contribution in [-0.2, 0) is 11.2 Å². The minimum Gasteiger partial charge on any atom is -0.361 e. The molecule has 1 amide bonds. The van der Waals surface area contributed by atoms with Gasteiger partial charge in [0.05, 0.1) is 12.1 Å². The third kappa shape index (κ3) is 3.52. The molecule has 1 aliphatic carbocycles. The van der Waals surface area contributed by atoms with Crippen molar-refractivity contribution in [2.24, 2.45) is 5.92 Å². The van der Waals surface area contributed by atoms with Crippen LogP contribution in [0, 0.1) is 17.2 Å². The van der Waals surface area contributed by atoms with Crippen LogP contribution in [0.1, 0.15) is 24.8 Å². The van der Waals surface area contributed by atoms with E-state index in [9.17, 15) is 10.1 Å². The second-order valence-electron chi connectivity index (χ2n) is 8.29. The van der Waals surface area contributed by atoms with Gasteiger partial charge in [0.15, 0.2) is 0 Å². The Balaban J connectivity index is 1.24. The molecule has 3 aromatic rings. The molecule has 146 valence electrons. The fourth-order valence-corrected chi connectivity index (χ4v) is 4.84. The van der Waals surface area contributed by atoms with E-state index in [2.05, 4.69) is 58.1 Å². The highest BCUT2D eigenvalue weighted by atomic mass is 16.2. The van der Waals surface area contributed by atoms with Crippen LogP contribution in [0.4, 0.5) is 0 Å². The molecular formula is C24H24N4O. The van der Waals surface area contributed by atoms with E-state index in [-0.39, 0.29) is 11.9 Å². The quantitative estimate of drug-likeness (QED) is 0.629. The average Bonchev–Trinajstić information content (AvgIpc) is 3.50. The van der Waals surface area contributed by atoms with Gasteiger partial charge in [-0.05, 0) is 59.4 Å². The van der Waals surface area contributed by atoms with Crippen LogP contribution in [0.3, 0.4) is 0 Å². The van der Waals surface area contributed by atoms with Crippen molar-refractivity contribution in [3.8, 4) is 17.2 Å². The maximum Gasteiger partial charge on any atom is 0.238 e. The van der Waals surface area contributed by atoms with Gasteiger partial charge in [-0.15, -0.1) is 0 Å². The maximum absolute atomic E-state index is 12.6. The van der Waals surface area contributed by atoms with Crippen molar-refractivity contribution in [2.75, 3.05) is 0 Å². The van der Waals surface area contributed by atoms with Crippen LogP contribution in [-0.4, -0.2) is 29.0 Å². The van der Waals surface area contributed by atoms with Crippen LogP contribution in [0.15, 0.2) is 54.7 Å². The number of H-pyrrole nitrogens is 1. The zero-order valence-electron chi connectivity index (χ0n) is 16.2. The molecule has 4 atom stereocenters. The number of amides is 1. The predicted octanol–water partition coefficient (Wildman–Crippen LogP) is 3.53. The van der Waals surface area contributed by atoms with Gasteiger partial charge in [0, 0.05) is 24.2 Å². The first kappa shape index (κ1) is 18.0. The number of fused-ring (bicyclic) bond motifs is 3. The zero-order chi connectivity index (χ0) is 19.8. The highest BCUT2D eigenvalue weighted by molar-refractivity contribution is 5.85. The number of hydrogen-bond donors (Lipinski definition) is 3. The molecule has 1 aliphatic heterocycles. The highest BCUT2D eigenvalue weighted by Gasteiger charge is 2.43. The second-order valence-corrected chi connectivity index (χ2v) is 8.29. The highest BCUT2D eigenvalue weighted by Crippen LogP contribution is 2.35. The third-order valence-corrected chi connectivity index (χ3v) is 6.40. The lowest BCUT2D eigenvalue weighted by Crippen LogP contribution is -2.50. The second kappa shape index (κ2) is 7.38. The Labute approximate surface area is 170 Å². The van der Waals surface area contributed by atoms with E-state index in [1.165, 1.54) is 11.8 Å². The molecule has 2 aromatic carbocycles. The summed E-state index contributed by atoms with van der Waals surface area (Å²) in [5.41, 5.74) is 4.45. The van der Waals surface area contributed by atoms with Gasteiger partial charge in [0.25, 0.3) is 0 Å². The largest absolute Gasteiger partial charge is 0.361 e. The van der Waals surface area contributed by atoms with Gasteiger partial charge < -0.3 is 15.6 Å². The summed E-state index contributed by atoms with van der Waals surface area (Å²) < 4.78 is 0. The fraction of sp³-hybridized carbons (Fsp3) is 0.333. The normalized spacial score (nSPS) is 23.8. The van der Waals surface area contributed by atoms with Crippen LogP contribution < -0.4 is 10.6 Å². The number of carbonyl (C=O) groups excluding carboxylic acids is 1. The smallest absolute Gasteiger partial charge is 0.238 e. The molecule has 2 heterocycles. The monoisotopic (exact) mass is 384 g/mol. The topological polar surface area (TPSA) is 80.7 Å². The summed E-state index contributed by atoms with van der Waals surface area (Å²) in [5.74, 6) is 0.398. The van der Waals surface area contributed by atoms with Gasteiger partial charge in [0.1, 0.15) is 6.04 Å². The van der Waals surface area contributed by atoms with E-state index < -0.39 is 6.04 Å². The molecule has 5 nitrogen and oxygen atoms in total. The van der Waals surface area contributed by atoms with Gasteiger partial charge in [-0.3, -0.25) is 4.79 Å². The first-order chi connectivity index (χ1) is 14.2. The van der Waals surface area contributed by atoms with Crippen LogP contribution in [0.2, 0.25) is 0 Å². The number of carbonyl (C=O) groups is 1. The molecule has 2 aliphatic rings. The molecule has 0 radical (unpaired) electrons. The summed E-state index contributed by atoms with van der Waals surface area (Å²) in [6, 6.07) is 18.8. The van der Waals surface area contributed by atoms with Gasteiger partial charge in [-0.1, -0.05) is 36.4 Å². The minimum absolute atomic E-state index is 0.0281. The first-order valence-electron chi connectivity index (χ1n) is 10.3. The lowest BCUT2D eigenvalue weighted by atomic mass is 9.98. The molecule has 1 aromatic heterocycles. The third-order valence-electron chi connectivity index (χ3n) is 6.40. The first-order valence-corrected chi connectivity index (χ1v) is 10.3. The summed E-state index contributed by atoms with van der Waals surface area (Å²) >= 11 is 0. The van der Waals surface area contributed by atoms with Crippen molar-refractivity contribution in [1.29, 1.82) is 5.26 Å². The molecule has 29 heavy (non-hydrogen) atoms. The van der Waals surface area contributed by atoms with Gasteiger partial charge >= 0.3 is 0 Å². The standard InChI is InChI=1S/C24H24N4O/c25-14-21(28-24(29)23-19-7-8-20(12-19)27-23)11-15-1-3-16(4-2-15)18-6-5-17-9-10-26-22(17)13-18/h1-6,9-10,13,19-21,23,26-27H,7-8,11-12H2,(H,28,29)/t19-,20+,21-,23-/m0/s1. The number of rotatable bonds is 5. The number of hydrogen-bond acceptors (Lipinski definition) is 3. The number of aromatic amines is 1. The van der Waals surface area contributed by atoms with E-state index in [1.54, 1.807) is 0 Å². The SMILES string of the molecule is N#C[C@H](Cc1ccc(-c2ccc3cc[nH]c3c2)cc1)NC(=O)[C@H]1N[C@@H]2CC[C@H]1C2. The lowest BCUT2D eigenvalue weighted by Gasteiger charge is -2.23. The van der Waals surface area contributed by atoms with E-state index in [0.717, 1.165) is 35.0 Å². The fourth-order valence-electron chi connectivity index (χ4n) is 4.84. The van der Waals surface area contributed by atoms with E-state index >= 15 is 0 Å². The molecule has 1 saturated carbocycles. The molecule has 2 bridgehead atoms. The van der Waals surface area contributed by atoms with Crippen molar-refractivity contribution >= 4 is 16.8 Å². The predicted molar refractivity (Wildman–Crippen MR) is 113 cm³/mol.